The zero-order valence-electron chi connectivity index (χ0n) is 10.1. The molecule has 1 aromatic carbocycles. The molecule has 0 aliphatic carbocycles. The SMILES string of the molecule is COc1c(CC(N)C(=O)O)cc(C)c(C)c1Br. The number of halogens is 1. The largest absolute Gasteiger partial charge is 0.495 e. The predicted molar refractivity (Wildman–Crippen MR) is 69.5 cm³/mol. The first kappa shape index (κ1) is 14.0. The van der Waals surface area contributed by atoms with Crippen LogP contribution in [-0.4, -0.2) is 24.2 Å². The van der Waals surface area contributed by atoms with Gasteiger partial charge in [0.25, 0.3) is 0 Å². The van der Waals surface area contributed by atoms with E-state index in [1.54, 1.807) is 7.11 Å². The smallest absolute Gasteiger partial charge is 0.320 e. The van der Waals surface area contributed by atoms with Crippen molar-refractivity contribution in [3.8, 4) is 5.75 Å². The van der Waals surface area contributed by atoms with Crippen molar-refractivity contribution in [2.45, 2.75) is 26.3 Å². The Morgan fingerprint density at radius 2 is 2.18 bits per heavy atom. The summed E-state index contributed by atoms with van der Waals surface area (Å²) >= 11 is 3.46. The number of methoxy groups -OCH3 is 1. The van der Waals surface area contributed by atoms with Crippen LogP contribution in [0.5, 0.6) is 5.75 Å². The second-order valence-corrected chi connectivity index (χ2v) is 4.77. The number of aryl methyl sites for hydroxylation is 1. The van der Waals surface area contributed by atoms with Crippen molar-refractivity contribution < 1.29 is 14.6 Å². The number of ether oxygens (including phenoxy) is 1. The summed E-state index contributed by atoms with van der Waals surface area (Å²) in [6.07, 6.45) is 0.248. The third-order valence-electron chi connectivity index (χ3n) is 2.76. The second-order valence-electron chi connectivity index (χ2n) is 3.97. The number of hydrogen-bond acceptors (Lipinski definition) is 3. The van der Waals surface area contributed by atoms with E-state index in [0.29, 0.717) is 5.75 Å². The van der Waals surface area contributed by atoms with E-state index < -0.39 is 12.0 Å². The lowest BCUT2D eigenvalue weighted by Crippen LogP contribution is -2.32. The molecule has 1 aromatic rings. The number of carboxylic acids is 1. The number of nitrogens with two attached hydrogens (primary N) is 1. The molecular formula is C12H16BrNO3. The Labute approximate surface area is 109 Å². The summed E-state index contributed by atoms with van der Waals surface area (Å²) in [4.78, 5) is 10.8. The fraction of sp³-hybridized carbons (Fsp3) is 0.417. The van der Waals surface area contributed by atoms with E-state index in [1.807, 2.05) is 19.9 Å². The number of rotatable bonds is 4. The summed E-state index contributed by atoms with van der Waals surface area (Å²) in [6.45, 7) is 3.94. The van der Waals surface area contributed by atoms with E-state index in [1.165, 1.54) is 0 Å². The standard InChI is InChI=1S/C12H16BrNO3/c1-6-4-8(5-9(14)12(15)16)11(17-3)10(13)7(6)2/h4,9H,5,14H2,1-3H3,(H,15,16). The molecule has 0 aromatic heterocycles. The van der Waals surface area contributed by atoms with E-state index >= 15 is 0 Å². The Morgan fingerprint density at radius 1 is 1.59 bits per heavy atom. The van der Waals surface area contributed by atoms with Gasteiger partial charge >= 0.3 is 5.97 Å². The van der Waals surface area contributed by atoms with Crippen LogP contribution in [0.25, 0.3) is 0 Å². The molecule has 1 unspecified atom stereocenters. The maximum atomic E-state index is 10.8. The summed E-state index contributed by atoms with van der Waals surface area (Å²) in [7, 11) is 1.56. The van der Waals surface area contributed by atoms with Crippen molar-refractivity contribution >= 4 is 21.9 Å². The molecule has 0 saturated carbocycles. The van der Waals surface area contributed by atoms with E-state index in [0.717, 1.165) is 21.2 Å². The van der Waals surface area contributed by atoms with Crippen molar-refractivity contribution in [2.75, 3.05) is 7.11 Å². The summed E-state index contributed by atoms with van der Waals surface area (Å²) in [5, 5.41) is 8.82. The van der Waals surface area contributed by atoms with Gasteiger partial charge in [0, 0.05) is 6.42 Å². The molecule has 0 saturated heterocycles. The molecule has 4 nitrogen and oxygen atoms in total. The number of carboxylic acid groups (broad SMARTS) is 1. The van der Waals surface area contributed by atoms with Gasteiger partial charge in [-0.3, -0.25) is 4.79 Å². The Morgan fingerprint density at radius 3 is 2.65 bits per heavy atom. The van der Waals surface area contributed by atoms with E-state index in [4.69, 9.17) is 15.6 Å². The normalized spacial score (nSPS) is 12.3. The van der Waals surface area contributed by atoms with Crippen LogP contribution in [-0.2, 0) is 11.2 Å². The zero-order valence-corrected chi connectivity index (χ0v) is 11.7. The van der Waals surface area contributed by atoms with Gasteiger partial charge in [0.15, 0.2) is 0 Å². The van der Waals surface area contributed by atoms with Crippen LogP contribution in [0.2, 0.25) is 0 Å². The average molecular weight is 302 g/mol. The number of carbonyl (C=O) groups is 1. The highest BCUT2D eigenvalue weighted by molar-refractivity contribution is 9.10. The molecule has 1 rings (SSSR count). The van der Waals surface area contributed by atoms with Gasteiger partial charge in [-0.05, 0) is 46.5 Å². The fourth-order valence-electron chi connectivity index (χ4n) is 1.62. The molecule has 5 heteroatoms. The van der Waals surface area contributed by atoms with Gasteiger partial charge in [-0.15, -0.1) is 0 Å². The molecule has 0 spiro atoms. The van der Waals surface area contributed by atoms with Crippen LogP contribution < -0.4 is 10.5 Å². The summed E-state index contributed by atoms with van der Waals surface area (Å²) in [5.41, 5.74) is 8.50. The molecule has 1 atom stereocenters. The van der Waals surface area contributed by atoms with Crippen LogP contribution in [0.3, 0.4) is 0 Å². The van der Waals surface area contributed by atoms with Crippen LogP contribution >= 0.6 is 15.9 Å². The molecule has 0 fully saturated rings. The van der Waals surface area contributed by atoms with Crippen molar-refractivity contribution in [3.05, 3.63) is 27.2 Å². The van der Waals surface area contributed by atoms with E-state index in [9.17, 15) is 4.79 Å². The van der Waals surface area contributed by atoms with Gasteiger partial charge in [-0.25, -0.2) is 0 Å². The molecule has 94 valence electrons. The molecule has 0 aliphatic rings. The highest BCUT2D eigenvalue weighted by atomic mass is 79.9. The summed E-state index contributed by atoms with van der Waals surface area (Å²) < 4.78 is 6.15. The Balaban J connectivity index is 3.19. The first-order valence-corrected chi connectivity index (χ1v) is 5.98. The minimum absolute atomic E-state index is 0.248. The van der Waals surface area contributed by atoms with Crippen LogP contribution in [0, 0.1) is 13.8 Å². The average Bonchev–Trinajstić information content (AvgIpc) is 2.26. The maximum Gasteiger partial charge on any atom is 0.320 e. The Bertz CT molecular complexity index is 446. The molecule has 3 N–H and O–H groups in total. The van der Waals surface area contributed by atoms with Crippen LogP contribution in [0.4, 0.5) is 0 Å². The number of hydrogen-bond donors (Lipinski definition) is 2. The highest BCUT2D eigenvalue weighted by Gasteiger charge is 2.18. The molecule has 0 aliphatic heterocycles. The van der Waals surface area contributed by atoms with Crippen LogP contribution in [0.15, 0.2) is 10.5 Å². The zero-order chi connectivity index (χ0) is 13.2. The topological polar surface area (TPSA) is 72.5 Å². The molecule has 0 heterocycles. The van der Waals surface area contributed by atoms with Gasteiger partial charge < -0.3 is 15.6 Å². The lowest BCUT2D eigenvalue weighted by atomic mass is 10.00. The number of benzene rings is 1. The first-order chi connectivity index (χ1) is 7.88. The van der Waals surface area contributed by atoms with Gasteiger partial charge in [0.2, 0.25) is 0 Å². The molecule has 0 bridgehead atoms. The monoisotopic (exact) mass is 301 g/mol. The quantitative estimate of drug-likeness (QED) is 0.892. The van der Waals surface area contributed by atoms with Crippen molar-refractivity contribution in [1.29, 1.82) is 0 Å². The lowest BCUT2D eigenvalue weighted by molar-refractivity contribution is -0.138. The summed E-state index contributed by atoms with van der Waals surface area (Å²) in [6, 6.07) is 1.000. The van der Waals surface area contributed by atoms with Gasteiger partial charge in [-0.2, -0.15) is 0 Å². The predicted octanol–water partition coefficient (Wildman–Crippen LogP) is 2.03. The fourth-order valence-corrected chi connectivity index (χ4v) is 2.35. The van der Waals surface area contributed by atoms with Gasteiger partial charge in [0.05, 0.1) is 11.6 Å². The van der Waals surface area contributed by atoms with Gasteiger partial charge in [0.1, 0.15) is 11.8 Å². The first-order valence-electron chi connectivity index (χ1n) is 5.19. The highest BCUT2D eigenvalue weighted by Crippen LogP contribution is 2.34. The van der Waals surface area contributed by atoms with E-state index in [-0.39, 0.29) is 6.42 Å². The third kappa shape index (κ3) is 2.98. The van der Waals surface area contributed by atoms with Crippen molar-refractivity contribution in [1.82, 2.24) is 0 Å². The van der Waals surface area contributed by atoms with Gasteiger partial charge in [-0.1, -0.05) is 6.07 Å². The molecule has 0 radical (unpaired) electrons. The summed E-state index contributed by atoms with van der Waals surface area (Å²) in [5.74, 6) is -0.355. The molecule has 0 amide bonds. The third-order valence-corrected chi connectivity index (χ3v) is 3.72. The Hall–Kier alpha value is -1.07. The van der Waals surface area contributed by atoms with Crippen molar-refractivity contribution in [3.63, 3.8) is 0 Å². The van der Waals surface area contributed by atoms with Crippen molar-refractivity contribution in [2.24, 2.45) is 5.73 Å². The Kier molecular flexibility index (Phi) is 4.54. The lowest BCUT2D eigenvalue weighted by Gasteiger charge is -2.16. The minimum atomic E-state index is -1.01. The maximum absolute atomic E-state index is 10.8. The second kappa shape index (κ2) is 5.51. The minimum Gasteiger partial charge on any atom is -0.495 e. The number of aliphatic carboxylic acids is 1. The van der Waals surface area contributed by atoms with Crippen LogP contribution in [0.1, 0.15) is 16.7 Å². The molecular weight excluding hydrogens is 286 g/mol. The van der Waals surface area contributed by atoms with E-state index in [2.05, 4.69) is 15.9 Å². The molecule has 17 heavy (non-hydrogen) atoms.